The molecule has 1 aromatic carbocycles. The lowest BCUT2D eigenvalue weighted by Crippen LogP contribution is -2.34. The molecule has 1 aliphatic rings. The Hall–Kier alpha value is -1.55. The standard InChI is InChI=1S/C18H28N2O2/c1-13(14(2)19)18(21)20-16-8-10-17(11-9-16)22-12-15-6-4-3-5-7-15/h8-11,13-15H,3-7,12,19H2,1-2H3,(H,20,21). The summed E-state index contributed by atoms with van der Waals surface area (Å²) >= 11 is 0. The Bertz CT molecular complexity index is 464. The van der Waals surface area contributed by atoms with E-state index in [2.05, 4.69) is 5.32 Å². The number of amides is 1. The molecule has 2 atom stereocenters. The summed E-state index contributed by atoms with van der Waals surface area (Å²) in [5.41, 5.74) is 6.52. The molecular weight excluding hydrogens is 276 g/mol. The molecule has 1 fully saturated rings. The highest BCUT2D eigenvalue weighted by atomic mass is 16.5. The van der Waals surface area contributed by atoms with Crippen LogP contribution >= 0.6 is 0 Å². The highest BCUT2D eigenvalue weighted by Crippen LogP contribution is 2.25. The van der Waals surface area contributed by atoms with E-state index in [9.17, 15) is 4.79 Å². The van der Waals surface area contributed by atoms with Gasteiger partial charge in [0.25, 0.3) is 0 Å². The van der Waals surface area contributed by atoms with Crippen molar-refractivity contribution in [2.24, 2.45) is 17.6 Å². The van der Waals surface area contributed by atoms with Gasteiger partial charge in [0.15, 0.2) is 0 Å². The zero-order chi connectivity index (χ0) is 15.9. The number of nitrogens with one attached hydrogen (secondary N) is 1. The average molecular weight is 304 g/mol. The third kappa shape index (κ3) is 5.02. The van der Waals surface area contributed by atoms with Crippen LogP contribution in [-0.4, -0.2) is 18.6 Å². The van der Waals surface area contributed by atoms with Gasteiger partial charge in [-0.1, -0.05) is 26.2 Å². The molecular formula is C18H28N2O2. The van der Waals surface area contributed by atoms with Crippen molar-refractivity contribution in [2.45, 2.75) is 52.0 Å². The summed E-state index contributed by atoms with van der Waals surface area (Å²) in [6.45, 7) is 4.47. The Balaban J connectivity index is 1.80. The number of carbonyl (C=O) groups excluding carboxylic acids is 1. The second-order valence-electron chi connectivity index (χ2n) is 6.48. The number of rotatable bonds is 6. The van der Waals surface area contributed by atoms with Gasteiger partial charge in [0, 0.05) is 11.7 Å². The first-order valence-electron chi connectivity index (χ1n) is 8.35. The van der Waals surface area contributed by atoms with Gasteiger partial charge in [-0.05, 0) is 49.9 Å². The zero-order valence-corrected chi connectivity index (χ0v) is 13.7. The van der Waals surface area contributed by atoms with Crippen LogP contribution in [-0.2, 0) is 4.79 Å². The highest BCUT2D eigenvalue weighted by molar-refractivity contribution is 5.92. The van der Waals surface area contributed by atoms with Gasteiger partial charge >= 0.3 is 0 Å². The molecule has 0 aliphatic heterocycles. The maximum atomic E-state index is 11.9. The third-order valence-corrected chi connectivity index (χ3v) is 4.53. The monoisotopic (exact) mass is 304 g/mol. The smallest absolute Gasteiger partial charge is 0.228 e. The molecule has 2 unspecified atom stereocenters. The summed E-state index contributed by atoms with van der Waals surface area (Å²) in [6.07, 6.45) is 6.59. The summed E-state index contributed by atoms with van der Waals surface area (Å²) in [4.78, 5) is 11.9. The molecule has 122 valence electrons. The fourth-order valence-corrected chi connectivity index (χ4v) is 2.70. The molecule has 1 aliphatic carbocycles. The molecule has 1 saturated carbocycles. The van der Waals surface area contributed by atoms with Crippen molar-refractivity contribution in [2.75, 3.05) is 11.9 Å². The number of benzene rings is 1. The van der Waals surface area contributed by atoms with Crippen LogP contribution in [0.1, 0.15) is 46.0 Å². The molecule has 4 nitrogen and oxygen atoms in total. The fourth-order valence-electron chi connectivity index (χ4n) is 2.70. The predicted octanol–water partition coefficient (Wildman–Crippen LogP) is 3.57. The summed E-state index contributed by atoms with van der Waals surface area (Å²) in [7, 11) is 0. The zero-order valence-electron chi connectivity index (χ0n) is 13.7. The molecule has 22 heavy (non-hydrogen) atoms. The van der Waals surface area contributed by atoms with Crippen LogP contribution in [0, 0.1) is 11.8 Å². The summed E-state index contributed by atoms with van der Waals surface area (Å²) < 4.78 is 5.86. The first-order chi connectivity index (χ1) is 10.6. The predicted molar refractivity (Wildman–Crippen MR) is 90.0 cm³/mol. The Kier molecular flexibility index (Phi) is 6.25. The molecule has 2 rings (SSSR count). The fraction of sp³-hybridized carbons (Fsp3) is 0.611. The first kappa shape index (κ1) is 16.8. The number of hydrogen-bond donors (Lipinski definition) is 2. The largest absolute Gasteiger partial charge is 0.493 e. The second kappa shape index (κ2) is 8.18. The molecule has 0 aromatic heterocycles. The van der Waals surface area contributed by atoms with Crippen molar-refractivity contribution in [1.82, 2.24) is 0 Å². The highest BCUT2D eigenvalue weighted by Gasteiger charge is 2.17. The van der Waals surface area contributed by atoms with Gasteiger partial charge in [0.05, 0.1) is 12.5 Å². The van der Waals surface area contributed by atoms with Crippen LogP contribution in [0.25, 0.3) is 0 Å². The Labute approximate surface area is 133 Å². The molecule has 1 aromatic rings. The quantitative estimate of drug-likeness (QED) is 0.844. The van der Waals surface area contributed by atoms with E-state index in [4.69, 9.17) is 10.5 Å². The van der Waals surface area contributed by atoms with Crippen molar-refractivity contribution in [3.05, 3.63) is 24.3 Å². The average Bonchev–Trinajstić information content (AvgIpc) is 2.54. The topological polar surface area (TPSA) is 64.4 Å². The van der Waals surface area contributed by atoms with E-state index in [1.54, 1.807) is 0 Å². The van der Waals surface area contributed by atoms with Gasteiger partial charge in [-0.2, -0.15) is 0 Å². The van der Waals surface area contributed by atoms with Gasteiger partial charge < -0.3 is 15.8 Å². The maximum Gasteiger partial charge on any atom is 0.228 e. The number of hydrogen-bond acceptors (Lipinski definition) is 3. The van der Waals surface area contributed by atoms with Crippen molar-refractivity contribution in [3.63, 3.8) is 0 Å². The van der Waals surface area contributed by atoms with Crippen LogP contribution in [0.15, 0.2) is 24.3 Å². The second-order valence-corrected chi connectivity index (χ2v) is 6.48. The summed E-state index contributed by atoms with van der Waals surface area (Å²) in [6, 6.07) is 7.42. The van der Waals surface area contributed by atoms with E-state index >= 15 is 0 Å². The Morgan fingerprint density at radius 1 is 1.23 bits per heavy atom. The van der Waals surface area contributed by atoms with Crippen LogP contribution in [0.5, 0.6) is 5.75 Å². The van der Waals surface area contributed by atoms with E-state index in [0.717, 1.165) is 18.0 Å². The first-order valence-corrected chi connectivity index (χ1v) is 8.35. The van der Waals surface area contributed by atoms with E-state index in [0.29, 0.717) is 5.92 Å². The van der Waals surface area contributed by atoms with Crippen molar-refractivity contribution in [3.8, 4) is 5.75 Å². The SMILES string of the molecule is CC(N)C(C)C(=O)Nc1ccc(OCC2CCCCC2)cc1. The Morgan fingerprint density at radius 3 is 2.45 bits per heavy atom. The molecule has 0 spiro atoms. The number of ether oxygens (including phenoxy) is 1. The van der Waals surface area contributed by atoms with E-state index in [-0.39, 0.29) is 17.9 Å². The van der Waals surface area contributed by atoms with Crippen LogP contribution in [0.4, 0.5) is 5.69 Å². The lowest BCUT2D eigenvalue weighted by molar-refractivity contribution is -0.119. The molecule has 0 heterocycles. The van der Waals surface area contributed by atoms with Gasteiger partial charge in [0.2, 0.25) is 5.91 Å². The minimum absolute atomic E-state index is 0.0501. The van der Waals surface area contributed by atoms with Crippen molar-refractivity contribution < 1.29 is 9.53 Å². The van der Waals surface area contributed by atoms with E-state index in [1.165, 1.54) is 32.1 Å². The maximum absolute atomic E-state index is 11.9. The molecule has 3 N–H and O–H groups in total. The van der Waals surface area contributed by atoms with Crippen LogP contribution in [0.2, 0.25) is 0 Å². The minimum Gasteiger partial charge on any atom is -0.493 e. The molecule has 1 amide bonds. The summed E-state index contributed by atoms with van der Waals surface area (Å²) in [5.74, 6) is 1.30. The van der Waals surface area contributed by atoms with Crippen LogP contribution < -0.4 is 15.8 Å². The van der Waals surface area contributed by atoms with Gasteiger partial charge in [-0.3, -0.25) is 4.79 Å². The minimum atomic E-state index is -0.206. The lowest BCUT2D eigenvalue weighted by atomic mass is 9.90. The van der Waals surface area contributed by atoms with Crippen molar-refractivity contribution in [1.29, 1.82) is 0 Å². The Morgan fingerprint density at radius 2 is 1.86 bits per heavy atom. The molecule has 0 radical (unpaired) electrons. The van der Waals surface area contributed by atoms with Gasteiger partial charge in [-0.15, -0.1) is 0 Å². The van der Waals surface area contributed by atoms with E-state index < -0.39 is 0 Å². The van der Waals surface area contributed by atoms with Crippen molar-refractivity contribution >= 4 is 11.6 Å². The normalized spacial score (nSPS) is 18.5. The van der Waals surface area contributed by atoms with Gasteiger partial charge in [0.1, 0.15) is 5.75 Å². The number of nitrogens with two attached hydrogens (primary N) is 1. The van der Waals surface area contributed by atoms with Gasteiger partial charge in [-0.25, -0.2) is 0 Å². The molecule has 0 bridgehead atoms. The lowest BCUT2D eigenvalue weighted by Gasteiger charge is -2.21. The van der Waals surface area contributed by atoms with E-state index in [1.807, 2.05) is 38.1 Å². The number of carbonyl (C=O) groups is 1. The third-order valence-electron chi connectivity index (χ3n) is 4.53. The van der Waals surface area contributed by atoms with Crippen LogP contribution in [0.3, 0.4) is 0 Å². The molecule has 4 heteroatoms. The molecule has 0 saturated heterocycles. The number of anilines is 1. The summed E-state index contributed by atoms with van der Waals surface area (Å²) in [5, 5.41) is 2.88.